The van der Waals surface area contributed by atoms with Crippen LogP contribution in [0.5, 0.6) is 0 Å². The zero-order valence-electron chi connectivity index (χ0n) is 13.4. The van der Waals surface area contributed by atoms with Gasteiger partial charge in [-0.05, 0) is 13.8 Å². The third kappa shape index (κ3) is 5.61. The lowest BCUT2D eigenvalue weighted by Gasteiger charge is -2.40. The molecule has 1 fully saturated rings. The van der Waals surface area contributed by atoms with Crippen molar-refractivity contribution in [2.75, 3.05) is 6.61 Å². The van der Waals surface area contributed by atoms with Crippen LogP contribution in [0.1, 0.15) is 34.6 Å². The molecule has 0 aliphatic carbocycles. The minimum Gasteiger partial charge on any atom is -0.456 e. The first-order chi connectivity index (χ1) is 10.2. The lowest BCUT2D eigenvalue weighted by atomic mass is 10.0. The zero-order valence-corrected chi connectivity index (χ0v) is 13.4. The topological polar surface area (TPSA) is 97.4 Å². The van der Waals surface area contributed by atoms with Gasteiger partial charge in [-0.15, -0.1) is 0 Å². The first-order valence-electron chi connectivity index (χ1n) is 6.99. The molecule has 0 aromatic carbocycles. The lowest BCUT2D eigenvalue weighted by Crippen LogP contribution is -2.58. The Morgan fingerprint density at radius 2 is 1.41 bits per heavy atom. The minimum atomic E-state index is -1.03. The van der Waals surface area contributed by atoms with Crippen LogP contribution in [0, 0.1) is 0 Å². The van der Waals surface area contributed by atoms with Gasteiger partial charge in [0.05, 0.1) is 12.7 Å². The van der Waals surface area contributed by atoms with Gasteiger partial charge in [-0.3, -0.25) is 14.4 Å². The summed E-state index contributed by atoms with van der Waals surface area (Å²) in [6.45, 7) is 7.19. The summed E-state index contributed by atoms with van der Waals surface area (Å²) in [5.74, 6) is -1.74. The Morgan fingerprint density at radius 1 is 0.909 bits per heavy atom. The quantitative estimate of drug-likeness (QED) is 0.536. The van der Waals surface area contributed by atoms with E-state index < -0.39 is 42.5 Å². The van der Waals surface area contributed by atoms with Crippen LogP contribution in [0.2, 0.25) is 0 Å². The van der Waals surface area contributed by atoms with E-state index in [1.165, 1.54) is 20.8 Å². The summed E-state index contributed by atoms with van der Waals surface area (Å²) in [4.78, 5) is 33.8. The van der Waals surface area contributed by atoms with Crippen LogP contribution in [-0.2, 0) is 38.1 Å². The van der Waals surface area contributed by atoms with Crippen molar-refractivity contribution in [3.8, 4) is 0 Å². The van der Waals surface area contributed by atoms with E-state index in [0.717, 1.165) is 0 Å². The molecule has 1 aliphatic rings. The van der Waals surface area contributed by atoms with E-state index in [2.05, 4.69) is 0 Å². The van der Waals surface area contributed by atoms with Gasteiger partial charge >= 0.3 is 17.9 Å². The summed E-state index contributed by atoms with van der Waals surface area (Å²) in [5, 5.41) is 0. The molecule has 1 rings (SSSR count). The Kier molecular flexibility index (Phi) is 6.76. The molecule has 8 heteroatoms. The molecule has 1 heterocycles. The van der Waals surface area contributed by atoms with Crippen LogP contribution >= 0.6 is 0 Å². The van der Waals surface area contributed by atoms with Crippen molar-refractivity contribution >= 4 is 17.9 Å². The average molecular weight is 318 g/mol. The third-order valence-corrected chi connectivity index (χ3v) is 2.71. The van der Waals surface area contributed by atoms with E-state index in [-0.39, 0.29) is 12.7 Å². The molecule has 0 saturated carbocycles. The highest BCUT2D eigenvalue weighted by Crippen LogP contribution is 2.25. The Bertz CT molecular complexity index is 419. The van der Waals surface area contributed by atoms with Gasteiger partial charge in [0.25, 0.3) is 0 Å². The van der Waals surface area contributed by atoms with Gasteiger partial charge < -0.3 is 23.7 Å². The van der Waals surface area contributed by atoms with Gasteiger partial charge in [-0.25, -0.2) is 0 Å². The molecule has 4 atom stereocenters. The second-order valence-corrected chi connectivity index (χ2v) is 5.18. The number of ether oxygens (including phenoxy) is 5. The van der Waals surface area contributed by atoms with Crippen molar-refractivity contribution in [1.82, 2.24) is 0 Å². The van der Waals surface area contributed by atoms with E-state index in [1.807, 2.05) is 0 Å². The highest BCUT2D eigenvalue weighted by Gasteiger charge is 2.47. The normalized spacial score (nSPS) is 28.1. The van der Waals surface area contributed by atoms with E-state index in [0.29, 0.717) is 0 Å². The highest BCUT2D eigenvalue weighted by atomic mass is 16.7. The third-order valence-electron chi connectivity index (χ3n) is 2.71. The molecule has 1 saturated heterocycles. The summed E-state index contributed by atoms with van der Waals surface area (Å²) in [6.07, 6.45) is -4.02. The molecule has 0 bridgehead atoms. The van der Waals surface area contributed by atoms with Crippen LogP contribution in [0.25, 0.3) is 0 Å². The first-order valence-corrected chi connectivity index (χ1v) is 6.99. The Labute approximate surface area is 129 Å². The van der Waals surface area contributed by atoms with Gasteiger partial charge in [-0.2, -0.15) is 0 Å². The average Bonchev–Trinajstić information content (AvgIpc) is 2.34. The molecule has 0 radical (unpaired) electrons. The highest BCUT2D eigenvalue weighted by molar-refractivity contribution is 5.68. The van der Waals surface area contributed by atoms with Crippen LogP contribution in [0.3, 0.4) is 0 Å². The van der Waals surface area contributed by atoms with Crippen LogP contribution in [-0.4, -0.2) is 55.2 Å². The van der Waals surface area contributed by atoms with Crippen LogP contribution < -0.4 is 0 Å². The van der Waals surface area contributed by atoms with Gasteiger partial charge in [-0.1, -0.05) is 0 Å². The van der Waals surface area contributed by atoms with E-state index in [4.69, 9.17) is 23.7 Å². The SMILES string of the molecule is CC(=O)O[C@@H]1[C@@H](OC(C)C)OC[C@@H](OC(C)=O)[C@H]1OC(C)=O. The van der Waals surface area contributed by atoms with Gasteiger partial charge in [0.1, 0.15) is 0 Å². The van der Waals surface area contributed by atoms with Crippen LogP contribution in [0.4, 0.5) is 0 Å². The van der Waals surface area contributed by atoms with Crippen molar-refractivity contribution in [3.05, 3.63) is 0 Å². The Morgan fingerprint density at radius 3 is 1.86 bits per heavy atom. The largest absolute Gasteiger partial charge is 0.456 e. The number of carbonyl (C=O) groups is 3. The number of rotatable bonds is 5. The molecule has 1 aliphatic heterocycles. The molecule has 22 heavy (non-hydrogen) atoms. The van der Waals surface area contributed by atoms with Crippen molar-refractivity contribution in [3.63, 3.8) is 0 Å². The first kappa shape index (κ1) is 18.4. The molecule has 0 aromatic heterocycles. The van der Waals surface area contributed by atoms with Gasteiger partial charge in [0, 0.05) is 20.8 Å². The van der Waals surface area contributed by atoms with Crippen LogP contribution in [0.15, 0.2) is 0 Å². The van der Waals surface area contributed by atoms with Gasteiger partial charge in [0.2, 0.25) is 0 Å². The standard InChI is InChI=1S/C14H22O8/c1-7(2)19-14-13(22-10(5)17)12(21-9(4)16)11(6-18-14)20-8(3)15/h7,11-14H,6H2,1-5H3/t11-,12-,13+,14-/m1/s1. The summed E-state index contributed by atoms with van der Waals surface area (Å²) < 4.78 is 26.4. The van der Waals surface area contributed by atoms with E-state index >= 15 is 0 Å². The zero-order chi connectivity index (χ0) is 16.9. The number of esters is 3. The van der Waals surface area contributed by atoms with Crippen molar-refractivity contribution in [1.29, 1.82) is 0 Å². The molecular formula is C14H22O8. The maximum atomic E-state index is 11.3. The predicted molar refractivity (Wildman–Crippen MR) is 72.6 cm³/mol. The fraction of sp³-hybridized carbons (Fsp3) is 0.786. The Hall–Kier alpha value is -1.67. The Balaban J connectivity index is 3.00. The second-order valence-electron chi connectivity index (χ2n) is 5.18. The number of hydrogen-bond acceptors (Lipinski definition) is 8. The monoisotopic (exact) mass is 318 g/mol. The van der Waals surface area contributed by atoms with Crippen molar-refractivity contribution < 1.29 is 38.1 Å². The lowest BCUT2D eigenvalue weighted by molar-refractivity contribution is -0.288. The second kappa shape index (κ2) is 8.09. The maximum Gasteiger partial charge on any atom is 0.303 e. The molecule has 0 unspecified atom stereocenters. The molecule has 0 spiro atoms. The molecule has 126 valence electrons. The van der Waals surface area contributed by atoms with Gasteiger partial charge in [0.15, 0.2) is 24.6 Å². The minimum absolute atomic E-state index is 0.0350. The smallest absolute Gasteiger partial charge is 0.303 e. The fourth-order valence-electron chi connectivity index (χ4n) is 2.09. The molecule has 0 amide bonds. The molecule has 8 nitrogen and oxygen atoms in total. The van der Waals surface area contributed by atoms with E-state index in [9.17, 15) is 14.4 Å². The predicted octanol–water partition coefficient (Wildman–Crippen LogP) is 0.563. The summed E-state index contributed by atoms with van der Waals surface area (Å²) in [5.41, 5.74) is 0. The summed E-state index contributed by atoms with van der Waals surface area (Å²) >= 11 is 0. The molecular weight excluding hydrogens is 296 g/mol. The van der Waals surface area contributed by atoms with Crippen molar-refractivity contribution in [2.45, 2.75) is 65.3 Å². The molecule has 0 N–H and O–H groups in total. The summed E-state index contributed by atoms with van der Waals surface area (Å²) in [6, 6.07) is 0. The summed E-state index contributed by atoms with van der Waals surface area (Å²) in [7, 11) is 0. The van der Waals surface area contributed by atoms with Crippen molar-refractivity contribution in [2.24, 2.45) is 0 Å². The number of carbonyl (C=O) groups excluding carboxylic acids is 3. The van der Waals surface area contributed by atoms with E-state index in [1.54, 1.807) is 13.8 Å². The maximum absolute atomic E-state index is 11.3. The number of hydrogen-bond donors (Lipinski definition) is 0. The fourth-order valence-corrected chi connectivity index (χ4v) is 2.09. The molecule has 0 aromatic rings.